The highest BCUT2D eigenvalue weighted by Gasteiger charge is 2.25. The van der Waals surface area contributed by atoms with E-state index in [4.69, 9.17) is 4.74 Å². The maximum absolute atomic E-state index is 12.5. The Balaban J connectivity index is 1.83. The molecule has 1 fully saturated rings. The number of esters is 1. The molecule has 130 valence electrons. The van der Waals surface area contributed by atoms with E-state index >= 15 is 0 Å². The number of amides is 2. The second kappa shape index (κ2) is 8.82. The number of carbonyl (C=O) groups is 3. The van der Waals surface area contributed by atoms with Crippen molar-refractivity contribution in [2.75, 3.05) is 32.8 Å². The summed E-state index contributed by atoms with van der Waals surface area (Å²) in [7, 11) is 0. The number of hydrogen-bond donors (Lipinski definition) is 0. The van der Waals surface area contributed by atoms with Crippen molar-refractivity contribution in [2.24, 2.45) is 0 Å². The summed E-state index contributed by atoms with van der Waals surface area (Å²) in [5.41, 5.74) is 0.625. The lowest BCUT2D eigenvalue weighted by Crippen LogP contribution is -2.50. The minimum absolute atomic E-state index is 0.0407. The molecule has 1 saturated heterocycles. The molecule has 7 heteroatoms. The van der Waals surface area contributed by atoms with Crippen LogP contribution in [0.15, 0.2) is 28.7 Å². The topological polar surface area (TPSA) is 66.9 Å². The van der Waals surface area contributed by atoms with Crippen LogP contribution in [0.1, 0.15) is 30.1 Å². The van der Waals surface area contributed by atoms with Crippen LogP contribution in [-0.2, 0) is 14.3 Å². The fraction of sp³-hybridized carbons (Fsp3) is 0.471. The monoisotopic (exact) mass is 396 g/mol. The second-order valence-electron chi connectivity index (χ2n) is 5.46. The predicted molar refractivity (Wildman–Crippen MR) is 92.5 cm³/mol. The molecule has 0 aromatic heterocycles. The van der Waals surface area contributed by atoms with Crippen LogP contribution in [0.25, 0.3) is 0 Å². The number of piperazine rings is 1. The zero-order valence-corrected chi connectivity index (χ0v) is 15.3. The predicted octanol–water partition coefficient (Wildman–Crippen LogP) is 2.08. The third kappa shape index (κ3) is 4.80. The second-order valence-corrected chi connectivity index (χ2v) is 6.31. The maximum atomic E-state index is 12.5. The Labute approximate surface area is 149 Å². The molecule has 2 amide bonds. The van der Waals surface area contributed by atoms with Gasteiger partial charge in [-0.05, 0) is 35.0 Å². The quantitative estimate of drug-likeness (QED) is 0.714. The summed E-state index contributed by atoms with van der Waals surface area (Å²) >= 11 is 3.39. The first-order valence-electron chi connectivity index (χ1n) is 8.00. The van der Waals surface area contributed by atoms with Gasteiger partial charge in [0.2, 0.25) is 5.91 Å². The van der Waals surface area contributed by atoms with Crippen molar-refractivity contribution in [3.63, 3.8) is 0 Å². The highest BCUT2D eigenvalue weighted by molar-refractivity contribution is 9.10. The standard InChI is InChI=1S/C17H21BrN2O4/c1-2-24-16(22)8-7-15(21)19-9-11-20(12-10-19)17(23)13-5-3-4-6-14(13)18/h3-6H,2,7-12H2,1H3. The zero-order chi connectivity index (χ0) is 17.5. The van der Waals surface area contributed by atoms with Crippen LogP contribution in [0.5, 0.6) is 0 Å². The smallest absolute Gasteiger partial charge is 0.306 e. The van der Waals surface area contributed by atoms with Gasteiger partial charge in [-0.2, -0.15) is 0 Å². The Morgan fingerprint density at radius 2 is 1.67 bits per heavy atom. The van der Waals surface area contributed by atoms with E-state index in [1.54, 1.807) is 22.8 Å². The minimum atomic E-state index is -0.353. The molecule has 0 radical (unpaired) electrons. The van der Waals surface area contributed by atoms with Crippen molar-refractivity contribution in [2.45, 2.75) is 19.8 Å². The number of rotatable bonds is 5. The molecule has 0 spiro atoms. The molecule has 0 saturated carbocycles. The molecule has 2 rings (SSSR count). The molecule has 0 unspecified atom stereocenters. The summed E-state index contributed by atoms with van der Waals surface area (Å²) in [5, 5.41) is 0. The highest BCUT2D eigenvalue weighted by Crippen LogP contribution is 2.19. The van der Waals surface area contributed by atoms with Crippen molar-refractivity contribution in [3.8, 4) is 0 Å². The largest absolute Gasteiger partial charge is 0.466 e. The summed E-state index contributed by atoms with van der Waals surface area (Å²) in [6.45, 7) is 4.01. The molecular formula is C17H21BrN2O4. The van der Waals surface area contributed by atoms with Crippen LogP contribution in [0.4, 0.5) is 0 Å². The zero-order valence-electron chi connectivity index (χ0n) is 13.7. The lowest BCUT2D eigenvalue weighted by atomic mass is 10.1. The molecule has 0 bridgehead atoms. The summed E-state index contributed by atoms with van der Waals surface area (Å²) in [6.07, 6.45) is 0.250. The Kier molecular flexibility index (Phi) is 6.78. The molecule has 0 atom stereocenters. The van der Waals surface area contributed by atoms with Gasteiger partial charge < -0.3 is 14.5 Å². The van der Waals surface area contributed by atoms with Crippen LogP contribution in [0.2, 0.25) is 0 Å². The first kappa shape index (κ1) is 18.4. The van der Waals surface area contributed by atoms with Gasteiger partial charge in [-0.25, -0.2) is 0 Å². The van der Waals surface area contributed by atoms with Crippen LogP contribution >= 0.6 is 15.9 Å². The van der Waals surface area contributed by atoms with Gasteiger partial charge in [-0.1, -0.05) is 12.1 Å². The molecule has 1 aromatic rings. The summed E-state index contributed by atoms with van der Waals surface area (Å²) in [4.78, 5) is 39.4. The molecule has 1 heterocycles. The number of hydrogen-bond acceptors (Lipinski definition) is 4. The third-order valence-corrected chi connectivity index (χ3v) is 4.56. The van der Waals surface area contributed by atoms with Gasteiger partial charge in [0.1, 0.15) is 0 Å². The number of nitrogens with zero attached hydrogens (tertiary/aromatic N) is 2. The molecule has 1 aromatic carbocycles. The van der Waals surface area contributed by atoms with Gasteiger partial charge in [0, 0.05) is 37.1 Å². The fourth-order valence-corrected chi connectivity index (χ4v) is 3.02. The van der Waals surface area contributed by atoms with E-state index in [9.17, 15) is 14.4 Å². The molecule has 0 N–H and O–H groups in total. The van der Waals surface area contributed by atoms with E-state index in [0.29, 0.717) is 38.3 Å². The van der Waals surface area contributed by atoms with E-state index < -0.39 is 0 Å². The Morgan fingerprint density at radius 3 is 2.29 bits per heavy atom. The van der Waals surface area contributed by atoms with E-state index in [1.807, 2.05) is 18.2 Å². The van der Waals surface area contributed by atoms with Crippen LogP contribution in [0.3, 0.4) is 0 Å². The van der Waals surface area contributed by atoms with Gasteiger partial charge in [0.15, 0.2) is 0 Å². The SMILES string of the molecule is CCOC(=O)CCC(=O)N1CCN(C(=O)c2ccccc2Br)CC1. The lowest BCUT2D eigenvalue weighted by Gasteiger charge is -2.35. The summed E-state index contributed by atoms with van der Waals surface area (Å²) < 4.78 is 5.59. The molecule has 6 nitrogen and oxygen atoms in total. The highest BCUT2D eigenvalue weighted by atomic mass is 79.9. The Morgan fingerprint density at radius 1 is 1.04 bits per heavy atom. The van der Waals surface area contributed by atoms with E-state index in [1.165, 1.54) is 0 Å². The number of benzene rings is 1. The van der Waals surface area contributed by atoms with Crippen molar-refractivity contribution in [1.82, 2.24) is 9.80 Å². The lowest BCUT2D eigenvalue weighted by molar-refractivity contribution is -0.146. The average Bonchev–Trinajstić information content (AvgIpc) is 2.60. The molecule has 1 aliphatic rings. The van der Waals surface area contributed by atoms with E-state index in [0.717, 1.165) is 4.47 Å². The Bertz CT molecular complexity index is 612. The first-order chi connectivity index (χ1) is 11.5. The van der Waals surface area contributed by atoms with Crippen molar-refractivity contribution >= 4 is 33.7 Å². The Hall–Kier alpha value is -1.89. The van der Waals surface area contributed by atoms with Gasteiger partial charge >= 0.3 is 5.97 Å². The molecule has 1 aliphatic heterocycles. The summed E-state index contributed by atoms with van der Waals surface area (Å²) in [6, 6.07) is 7.31. The van der Waals surface area contributed by atoms with Crippen LogP contribution < -0.4 is 0 Å². The summed E-state index contributed by atoms with van der Waals surface area (Å²) in [5.74, 6) is -0.467. The third-order valence-electron chi connectivity index (χ3n) is 3.87. The van der Waals surface area contributed by atoms with Crippen molar-refractivity contribution in [1.29, 1.82) is 0 Å². The first-order valence-corrected chi connectivity index (χ1v) is 8.79. The van der Waals surface area contributed by atoms with E-state index in [2.05, 4.69) is 15.9 Å². The fourth-order valence-electron chi connectivity index (χ4n) is 2.56. The normalized spacial score (nSPS) is 14.4. The molecule has 24 heavy (non-hydrogen) atoms. The van der Waals surface area contributed by atoms with Crippen molar-refractivity contribution in [3.05, 3.63) is 34.3 Å². The van der Waals surface area contributed by atoms with Gasteiger partial charge in [0.25, 0.3) is 5.91 Å². The molecule has 0 aliphatic carbocycles. The molecular weight excluding hydrogens is 376 g/mol. The van der Waals surface area contributed by atoms with Crippen molar-refractivity contribution < 1.29 is 19.1 Å². The number of halogens is 1. The average molecular weight is 397 g/mol. The number of ether oxygens (including phenoxy) is 1. The van der Waals surface area contributed by atoms with Crippen LogP contribution in [0, 0.1) is 0 Å². The van der Waals surface area contributed by atoms with E-state index in [-0.39, 0.29) is 30.6 Å². The van der Waals surface area contributed by atoms with Gasteiger partial charge in [-0.3, -0.25) is 14.4 Å². The maximum Gasteiger partial charge on any atom is 0.306 e. The number of carbonyl (C=O) groups excluding carboxylic acids is 3. The van der Waals surface area contributed by atoms with Gasteiger partial charge in [-0.15, -0.1) is 0 Å². The van der Waals surface area contributed by atoms with Gasteiger partial charge in [0.05, 0.1) is 18.6 Å². The van der Waals surface area contributed by atoms with Crippen LogP contribution in [-0.4, -0.2) is 60.4 Å². The minimum Gasteiger partial charge on any atom is -0.466 e.